The van der Waals surface area contributed by atoms with Gasteiger partial charge in [0.25, 0.3) is 0 Å². The number of benzene rings is 2. The smallest absolute Gasteiger partial charge is 0.119 e. The van der Waals surface area contributed by atoms with Crippen molar-refractivity contribution >= 4 is 6.08 Å². The van der Waals surface area contributed by atoms with Gasteiger partial charge in [-0.05, 0) is 68.5 Å². The zero-order chi connectivity index (χ0) is 17.6. The number of hydrogen-bond donors (Lipinski definition) is 0. The Morgan fingerprint density at radius 1 is 1.08 bits per heavy atom. The standard InChI is InChI=1S/C23H29NO/c1-24(2)17-21-13-12-19(14-18-8-5-4-6-9-18)15-23(21)20-10-7-11-22(16-20)25-3/h4-11,14,16,21,23H,12-13,15,17H2,1-3H3/b19-14-/t21-,23?/m0/s1. The minimum atomic E-state index is 0.557. The van der Waals surface area contributed by atoms with Crippen LogP contribution in [0.2, 0.25) is 0 Å². The summed E-state index contributed by atoms with van der Waals surface area (Å²) in [5.41, 5.74) is 4.28. The Morgan fingerprint density at radius 3 is 2.60 bits per heavy atom. The van der Waals surface area contributed by atoms with Gasteiger partial charge >= 0.3 is 0 Å². The molecule has 0 saturated heterocycles. The minimum Gasteiger partial charge on any atom is -0.497 e. The van der Waals surface area contributed by atoms with E-state index in [-0.39, 0.29) is 0 Å². The van der Waals surface area contributed by atoms with Gasteiger partial charge in [-0.25, -0.2) is 0 Å². The van der Waals surface area contributed by atoms with Crippen LogP contribution in [-0.2, 0) is 0 Å². The summed E-state index contributed by atoms with van der Waals surface area (Å²) >= 11 is 0. The number of ether oxygens (including phenoxy) is 1. The molecule has 0 N–H and O–H groups in total. The van der Waals surface area contributed by atoms with Gasteiger partial charge in [-0.3, -0.25) is 0 Å². The first kappa shape index (κ1) is 17.8. The van der Waals surface area contributed by atoms with E-state index in [1.807, 2.05) is 6.07 Å². The molecule has 1 fully saturated rings. The summed E-state index contributed by atoms with van der Waals surface area (Å²) in [5, 5.41) is 0. The van der Waals surface area contributed by atoms with Crippen LogP contribution < -0.4 is 4.74 Å². The van der Waals surface area contributed by atoms with Crippen LogP contribution in [0.5, 0.6) is 5.75 Å². The summed E-state index contributed by atoms with van der Waals surface area (Å²) in [6.45, 7) is 1.14. The lowest BCUT2D eigenvalue weighted by Gasteiger charge is -2.35. The summed E-state index contributed by atoms with van der Waals surface area (Å²) < 4.78 is 5.46. The quantitative estimate of drug-likeness (QED) is 0.742. The predicted octanol–water partition coefficient (Wildman–Crippen LogP) is 5.22. The lowest BCUT2D eigenvalue weighted by molar-refractivity contribution is 0.256. The first-order chi connectivity index (χ1) is 12.2. The number of hydrogen-bond acceptors (Lipinski definition) is 2. The normalized spacial score (nSPS) is 22.3. The third-order valence-corrected chi connectivity index (χ3v) is 5.18. The van der Waals surface area contributed by atoms with Gasteiger partial charge in [0.05, 0.1) is 7.11 Å². The number of rotatable bonds is 5. The van der Waals surface area contributed by atoms with Crippen molar-refractivity contribution < 1.29 is 4.74 Å². The highest BCUT2D eigenvalue weighted by Crippen LogP contribution is 2.42. The van der Waals surface area contributed by atoms with Crippen molar-refractivity contribution in [1.29, 1.82) is 0 Å². The van der Waals surface area contributed by atoms with Crippen molar-refractivity contribution in [3.63, 3.8) is 0 Å². The van der Waals surface area contributed by atoms with Crippen LogP contribution in [0.4, 0.5) is 0 Å². The van der Waals surface area contributed by atoms with Gasteiger partial charge in [-0.2, -0.15) is 0 Å². The van der Waals surface area contributed by atoms with Crippen LogP contribution in [-0.4, -0.2) is 32.6 Å². The van der Waals surface area contributed by atoms with Crippen molar-refractivity contribution in [3.05, 3.63) is 71.3 Å². The molecule has 2 atom stereocenters. The van der Waals surface area contributed by atoms with E-state index >= 15 is 0 Å². The summed E-state index contributed by atoms with van der Waals surface area (Å²) in [6.07, 6.45) is 5.98. The van der Waals surface area contributed by atoms with E-state index in [9.17, 15) is 0 Å². The molecule has 0 bridgehead atoms. The van der Waals surface area contributed by atoms with E-state index < -0.39 is 0 Å². The molecule has 132 valence electrons. The van der Waals surface area contributed by atoms with Gasteiger partial charge in [0.15, 0.2) is 0 Å². The third-order valence-electron chi connectivity index (χ3n) is 5.18. The van der Waals surface area contributed by atoms with Crippen molar-refractivity contribution in [2.45, 2.75) is 25.2 Å². The Bertz CT molecular complexity index is 705. The maximum Gasteiger partial charge on any atom is 0.119 e. The zero-order valence-corrected chi connectivity index (χ0v) is 15.6. The van der Waals surface area contributed by atoms with Crippen molar-refractivity contribution in [2.75, 3.05) is 27.7 Å². The number of allylic oxidation sites excluding steroid dienone is 1. The first-order valence-corrected chi connectivity index (χ1v) is 9.19. The second kappa shape index (κ2) is 8.35. The molecule has 3 rings (SSSR count). The fourth-order valence-electron chi connectivity index (χ4n) is 3.99. The lowest BCUT2D eigenvalue weighted by Crippen LogP contribution is -2.29. The number of nitrogens with zero attached hydrogens (tertiary/aromatic N) is 1. The molecule has 1 unspecified atom stereocenters. The van der Waals surface area contributed by atoms with E-state index in [0.717, 1.165) is 18.7 Å². The highest BCUT2D eigenvalue weighted by molar-refractivity contribution is 5.53. The van der Waals surface area contributed by atoms with Gasteiger partial charge in [-0.15, -0.1) is 0 Å². The fourth-order valence-corrected chi connectivity index (χ4v) is 3.99. The fraction of sp³-hybridized carbons (Fsp3) is 0.391. The van der Waals surface area contributed by atoms with Crippen molar-refractivity contribution in [1.82, 2.24) is 4.90 Å². The molecule has 0 aromatic heterocycles. The second-order valence-corrected chi connectivity index (χ2v) is 7.36. The maximum absolute atomic E-state index is 5.46. The largest absolute Gasteiger partial charge is 0.497 e. The summed E-state index contributed by atoms with van der Waals surface area (Å²) in [5.74, 6) is 2.21. The van der Waals surface area contributed by atoms with E-state index in [1.54, 1.807) is 12.7 Å². The van der Waals surface area contributed by atoms with E-state index in [2.05, 4.69) is 73.6 Å². The van der Waals surface area contributed by atoms with Crippen LogP contribution in [0.15, 0.2) is 60.2 Å². The van der Waals surface area contributed by atoms with Crippen LogP contribution >= 0.6 is 0 Å². The molecule has 0 radical (unpaired) electrons. The average Bonchev–Trinajstić information content (AvgIpc) is 2.63. The average molecular weight is 335 g/mol. The molecule has 1 saturated carbocycles. The molecule has 0 amide bonds. The van der Waals surface area contributed by atoms with Crippen LogP contribution in [0.25, 0.3) is 6.08 Å². The van der Waals surface area contributed by atoms with E-state index in [0.29, 0.717) is 11.8 Å². The van der Waals surface area contributed by atoms with Crippen LogP contribution in [0.3, 0.4) is 0 Å². The maximum atomic E-state index is 5.46. The van der Waals surface area contributed by atoms with E-state index in [4.69, 9.17) is 4.74 Å². The molecule has 1 aliphatic rings. The van der Waals surface area contributed by atoms with E-state index in [1.165, 1.54) is 24.0 Å². The highest BCUT2D eigenvalue weighted by Gasteiger charge is 2.29. The molecule has 2 aromatic rings. The second-order valence-electron chi connectivity index (χ2n) is 7.36. The summed E-state index contributed by atoms with van der Waals surface area (Å²) in [4.78, 5) is 2.32. The molecule has 25 heavy (non-hydrogen) atoms. The van der Waals surface area contributed by atoms with Crippen molar-refractivity contribution in [2.24, 2.45) is 5.92 Å². The Labute approximate surface area is 152 Å². The molecule has 2 aromatic carbocycles. The summed E-state index contributed by atoms with van der Waals surface area (Å²) in [6, 6.07) is 19.3. The van der Waals surface area contributed by atoms with Gasteiger partial charge in [0.1, 0.15) is 5.75 Å². The molecule has 1 aliphatic carbocycles. The zero-order valence-electron chi connectivity index (χ0n) is 15.6. The SMILES string of the molecule is COc1cccc(C2C/C(=C\c3ccccc3)CC[C@H]2CN(C)C)c1. The molecule has 0 heterocycles. The number of methoxy groups -OCH3 is 1. The Kier molecular flexibility index (Phi) is 5.93. The van der Waals surface area contributed by atoms with Gasteiger partial charge in [0, 0.05) is 6.54 Å². The van der Waals surface area contributed by atoms with Crippen LogP contribution in [0, 0.1) is 5.92 Å². The predicted molar refractivity (Wildman–Crippen MR) is 106 cm³/mol. The molecule has 2 heteroatoms. The highest BCUT2D eigenvalue weighted by atomic mass is 16.5. The van der Waals surface area contributed by atoms with Gasteiger partial charge in [-0.1, -0.05) is 54.1 Å². The van der Waals surface area contributed by atoms with Gasteiger partial charge < -0.3 is 9.64 Å². The lowest BCUT2D eigenvalue weighted by atomic mass is 9.73. The summed E-state index contributed by atoms with van der Waals surface area (Å²) in [7, 11) is 6.11. The monoisotopic (exact) mass is 335 g/mol. The first-order valence-electron chi connectivity index (χ1n) is 9.19. The minimum absolute atomic E-state index is 0.557. The topological polar surface area (TPSA) is 12.5 Å². The molecule has 2 nitrogen and oxygen atoms in total. The Morgan fingerprint density at radius 2 is 1.88 bits per heavy atom. The molecule has 0 spiro atoms. The van der Waals surface area contributed by atoms with Crippen LogP contribution in [0.1, 0.15) is 36.3 Å². The molecular weight excluding hydrogens is 306 g/mol. The Hall–Kier alpha value is -2.06. The van der Waals surface area contributed by atoms with Gasteiger partial charge in [0.2, 0.25) is 0 Å². The molecular formula is C23H29NO. The third kappa shape index (κ3) is 4.73. The van der Waals surface area contributed by atoms with Crippen molar-refractivity contribution in [3.8, 4) is 5.75 Å². The Balaban J connectivity index is 1.86. The molecule has 0 aliphatic heterocycles.